The predicted molar refractivity (Wildman–Crippen MR) is 183 cm³/mol. The van der Waals surface area contributed by atoms with Crippen molar-refractivity contribution in [2.24, 2.45) is 0 Å². The van der Waals surface area contributed by atoms with E-state index in [1.807, 2.05) is 26.2 Å². The molecule has 0 heterocycles. The van der Waals surface area contributed by atoms with Gasteiger partial charge in [-0.2, -0.15) is 0 Å². The van der Waals surface area contributed by atoms with Crippen LogP contribution in [0.4, 0.5) is 4.79 Å². The van der Waals surface area contributed by atoms with Crippen LogP contribution in [0.15, 0.2) is 12.2 Å². The first-order valence-electron chi connectivity index (χ1n) is 17.4. The Morgan fingerprint density at radius 3 is 1.79 bits per heavy atom. The number of amides is 1. The second kappa shape index (κ2) is 30.5. The number of thioether (sulfide) groups is 1. The van der Waals surface area contributed by atoms with E-state index in [0.717, 1.165) is 76.1 Å². The number of nitrogens with zero attached hydrogens (tertiary/aromatic N) is 2. The lowest BCUT2D eigenvalue weighted by molar-refractivity contribution is -0.151. The van der Waals surface area contributed by atoms with E-state index in [1.54, 1.807) is 0 Å². The summed E-state index contributed by atoms with van der Waals surface area (Å²) in [6.07, 6.45) is 25.0. The molecular weight excluding hydrogens is 560 g/mol. The molecule has 1 amide bonds. The smallest absolute Gasteiger partial charge is 0.326 e. The Kier molecular flexibility index (Phi) is 29.4. The molecule has 43 heavy (non-hydrogen) atoms. The first-order chi connectivity index (χ1) is 20.8. The van der Waals surface area contributed by atoms with Crippen LogP contribution >= 0.6 is 11.8 Å². The van der Waals surface area contributed by atoms with Crippen molar-refractivity contribution in [1.29, 1.82) is 0 Å². The number of esters is 2. The second-order valence-electron chi connectivity index (χ2n) is 12.0. The molecule has 7 nitrogen and oxygen atoms in total. The van der Waals surface area contributed by atoms with Gasteiger partial charge in [0.1, 0.15) is 25.8 Å². The van der Waals surface area contributed by atoms with Gasteiger partial charge in [-0.1, -0.05) is 122 Å². The van der Waals surface area contributed by atoms with Gasteiger partial charge in [-0.3, -0.25) is 14.4 Å². The van der Waals surface area contributed by atoms with E-state index >= 15 is 0 Å². The van der Waals surface area contributed by atoms with Crippen LogP contribution in [0.3, 0.4) is 0 Å². The molecular formula is C35H66N2O5S. The average Bonchev–Trinajstić information content (AvgIpc) is 2.97. The molecule has 252 valence electrons. The average molecular weight is 627 g/mol. The van der Waals surface area contributed by atoms with Crippen molar-refractivity contribution in [3.8, 4) is 0 Å². The van der Waals surface area contributed by atoms with E-state index in [9.17, 15) is 14.4 Å². The lowest BCUT2D eigenvalue weighted by Gasteiger charge is -2.23. The molecule has 8 heteroatoms. The fourth-order valence-corrected chi connectivity index (χ4v) is 5.56. The van der Waals surface area contributed by atoms with Gasteiger partial charge in [-0.05, 0) is 65.6 Å². The molecule has 1 unspecified atom stereocenters. The minimum absolute atomic E-state index is 0.139. The standard InChI is InChI=1S/C35H66N2O5S/c1-6-9-12-15-17-20-23-28-41-33(38)30-37(35(40)43-29-24-27-36(4)5)31-34(39)42-32(25-21-18-14-11-8-3)26-22-19-16-13-10-7-2/h20,23,32H,6-19,21-22,24-31H2,1-5H3/b23-20-. The van der Waals surface area contributed by atoms with Crippen LogP contribution in [-0.2, 0) is 19.1 Å². The van der Waals surface area contributed by atoms with E-state index in [0.29, 0.717) is 5.75 Å². The number of allylic oxidation sites excluding steroid dienone is 1. The topological polar surface area (TPSA) is 76.1 Å². The largest absolute Gasteiger partial charge is 0.461 e. The van der Waals surface area contributed by atoms with Gasteiger partial charge in [0.2, 0.25) is 0 Å². The zero-order valence-electron chi connectivity index (χ0n) is 28.5. The summed E-state index contributed by atoms with van der Waals surface area (Å²) in [5, 5.41) is -0.286. The highest BCUT2D eigenvalue weighted by atomic mass is 32.2. The summed E-state index contributed by atoms with van der Waals surface area (Å²) in [6.45, 7) is 7.18. The van der Waals surface area contributed by atoms with Gasteiger partial charge in [0.05, 0.1) is 0 Å². The van der Waals surface area contributed by atoms with Gasteiger partial charge >= 0.3 is 11.9 Å². The van der Waals surface area contributed by atoms with Gasteiger partial charge in [0.25, 0.3) is 5.24 Å². The molecule has 0 radical (unpaired) electrons. The summed E-state index contributed by atoms with van der Waals surface area (Å²) in [5.74, 6) is -0.326. The molecule has 0 fully saturated rings. The van der Waals surface area contributed by atoms with Gasteiger partial charge in [0, 0.05) is 5.75 Å². The molecule has 0 bridgehead atoms. The number of hydrogen-bond donors (Lipinski definition) is 0. The van der Waals surface area contributed by atoms with Crippen molar-refractivity contribution in [2.75, 3.05) is 46.1 Å². The van der Waals surface area contributed by atoms with Crippen molar-refractivity contribution < 1.29 is 23.9 Å². The van der Waals surface area contributed by atoms with E-state index in [-0.39, 0.29) is 31.0 Å². The van der Waals surface area contributed by atoms with Gasteiger partial charge in [0.15, 0.2) is 0 Å². The van der Waals surface area contributed by atoms with E-state index in [4.69, 9.17) is 9.47 Å². The predicted octanol–water partition coefficient (Wildman–Crippen LogP) is 9.19. The summed E-state index contributed by atoms with van der Waals surface area (Å²) >= 11 is 1.15. The highest BCUT2D eigenvalue weighted by Crippen LogP contribution is 2.18. The Morgan fingerprint density at radius 2 is 1.21 bits per heavy atom. The van der Waals surface area contributed by atoms with Crippen molar-refractivity contribution in [1.82, 2.24) is 9.80 Å². The van der Waals surface area contributed by atoms with Crippen LogP contribution in [0.2, 0.25) is 0 Å². The molecule has 0 N–H and O–H groups in total. The Labute approximate surface area is 269 Å². The van der Waals surface area contributed by atoms with Crippen LogP contribution in [0, 0.1) is 0 Å². The number of ether oxygens (including phenoxy) is 2. The monoisotopic (exact) mass is 626 g/mol. The maximum absolute atomic E-state index is 13.1. The number of carbonyl (C=O) groups excluding carboxylic acids is 3. The molecule has 0 aromatic heterocycles. The van der Waals surface area contributed by atoms with Crippen LogP contribution in [0.1, 0.15) is 143 Å². The van der Waals surface area contributed by atoms with Crippen molar-refractivity contribution in [3.05, 3.63) is 12.2 Å². The highest BCUT2D eigenvalue weighted by molar-refractivity contribution is 8.13. The van der Waals surface area contributed by atoms with Crippen molar-refractivity contribution in [2.45, 2.75) is 149 Å². The van der Waals surface area contributed by atoms with Crippen molar-refractivity contribution in [3.63, 3.8) is 0 Å². The molecule has 0 rings (SSSR count). The lowest BCUT2D eigenvalue weighted by Crippen LogP contribution is -2.39. The SMILES string of the molecule is CCCCCC/C=C\COC(=O)CN(CC(=O)OC(CCCCCCC)CCCCCCCC)C(=O)SCCCN(C)C. The van der Waals surface area contributed by atoms with E-state index < -0.39 is 11.9 Å². The number of rotatable bonds is 29. The van der Waals surface area contributed by atoms with E-state index in [2.05, 4.69) is 25.7 Å². The molecule has 0 aliphatic carbocycles. The van der Waals surface area contributed by atoms with Crippen LogP contribution in [0.5, 0.6) is 0 Å². The van der Waals surface area contributed by atoms with E-state index in [1.165, 1.54) is 69.1 Å². The molecule has 0 aromatic carbocycles. The number of hydrogen-bond acceptors (Lipinski definition) is 7. The quantitative estimate of drug-likeness (QED) is 0.0465. The summed E-state index contributed by atoms with van der Waals surface area (Å²) < 4.78 is 11.3. The molecule has 0 spiro atoms. The Morgan fingerprint density at radius 1 is 0.674 bits per heavy atom. The highest BCUT2D eigenvalue weighted by Gasteiger charge is 2.24. The molecule has 0 saturated heterocycles. The summed E-state index contributed by atoms with van der Waals surface area (Å²) in [4.78, 5) is 42.1. The van der Waals surface area contributed by atoms with Gasteiger partial charge in [-0.25, -0.2) is 0 Å². The Bertz CT molecular complexity index is 716. The summed E-state index contributed by atoms with van der Waals surface area (Å²) in [7, 11) is 3.99. The Hall–Kier alpha value is -1.54. The first-order valence-corrected chi connectivity index (χ1v) is 18.4. The normalized spacial score (nSPS) is 12.1. The first kappa shape index (κ1) is 41.5. The van der Waals surface area contributed by atoms with Crippen LogP contribution < -0.4 is 0 Å². The van der Waals surface area contributed by atoms with Gasteiger partial charge < -0.3 is 19.3 Å². The third-order valence-corrected chi connectivity index (χ3v) is 8.41. The zero-order valence-corrected chi connectivity index (χ0v) is 29.4. The summed E-state index contributed by atoms with van der Waals surface area (Å²) in [6, 6.07) is 0. The third kappa shape index (κ3) is 27.7. The van der Waals surface area contributed by atoms with Crippen molar-refractivity contribution >= 4 is 28.9 Å². The fraction of sp³-hybridized carbons (Fsp3) is 0.857. The molecule has 0 aliphatic rings. The zero-order chi connectivity index (χ0) is 32.0. The molecule has 0 aromatic rings. The maximum atomic E-state index is 13.1. The molecule has 1 atom stereocenters. The minimum atomic E-state index is -0.509. The second-order valence-corrected chi connectivity index (χ2v) is 13.0. The molecule has 0 saturated carbocycles. The number of unbranched alkanes of at least 4 members (excludes halogenated alkanes) is 13. The third-order valence-electron chi connectivity index (χ3n) is 7.41. The fourth-order valence-electron chi connectivity index (χ4n) is 4.80. The number of carbonyl (C=O) groups is 3. The summed E-state index contributed by atoms with van der Waals surface area (Å²) in [5.41, 5.74) is 0. The van der Waals surface area contributed by atoms with Gasteiger partial charge in [-0.15, -0.1) is 0 Å². The van der Waals surface area contributed by atoms with Crippen LogP contribution in [-0.4, -0.2) is 79.2 Å². The van der Waals surface area contributed by atoms with Crippen LogP contribution in [0.25, 0.3) is 0 Å². The molecule has 0 aliphatic heterocycles. The maximum Gasteiger partial charge on any atom is 0.326 e. The Balaban J connectivity index is 5.04. The minimum Gasteiger partial charge on any atom is -0.461 e. The lowest BCUT2D eigenvalue weighted by atomic mass is 10.0.